The van der Waals surface area contributed by atoms with Crippen LogP contribution in [0, 0.1) is 0 Å². The molecule has 1 heterocycles. The largest absolute Gasteiger partial charge is 0.456 e. The maximum absolute atomic E-state index is 5.71. The molecule has 1 rings (SSSR count). The Morgan fingerprint density at radius 1 is 1.14 bits per heavy atom. The first kappa shape index (κ1) is 11.4. The fourth-order valence-electron chi connectivity index (χ4n) is 1.19. The normalized spacial score (nSPS) is 13.0. The molecule has 1 aromatic rings. The molecule has 0 spiro atoms. The van der Waals surface area contributed by atoms with Crippen molar-refractivity contribution < 1.29 is 4.42 Å². The summed E-state index contributed by atoms with van der Waals surface area (Å²) in [5.74, 6) is 1.82. The highest BCUT2D eigenvalue weighted by atomic mass is 16.3. The summed E-state index contributed by atoms with van der Waals surface area (Å²) in [6.07, 6.45) is 1.85. The van der Waals surface area contributed by atoms with Gasteiger partial charge in [0.25, 0.3) is 0 Å². The average Bonchev–Trinajstić information content (AvgIpc) is 2.29. The molecule has 0 aliphatic carbocycles. The lowest BCUT2D eigenvalue weighted by Crippen LogP contribution is -2.24. The van der Waals surface area contributed by atoms with Gasteiger partial charge < -0.3 is 4.42 Å². The number of aromatic nitrogens is 1. The minimum absolute atomic E-state index is 0.0587. The Balaban J connectivity index is 2.79. The quantitative estimate of drug-likeness (QED) is 0.639. The summed E-state index contributed by atoms with van der Waals surface area (Å²) in [5, 5.41) is 0.236. The van der Waals surface area contributed by atoms with E-state index in [1.54, 1.807) is 0 Å². The van der Waals surface area contributed by atoms with Crippen LogP contribution in [0.15, 0.2) is 10.6 Å². The molecule has 0 radical (unpaired) electrons. The van der Waals surface area contributed by atoms with Crippen LogP contribution in [0.4, 0.5) is 0 Å². The molecule has 0 unspecified atom stereocenters. The van der Waals surface area contributed by atoms with Gasteiger partial charge in [-0.1, -0.05) is 46.9 Å². The number of hydrogen-bond acceptors (Lipinski definition) is 2. The second-order valence-corrected chi connectivity index (χ2v) is 6.11. The third-order valence-corrected chi connectivity index (χ3v) is 1.97. The fraction of sp³-hybridized carbons (Fsp3) is 0.727. The third-order valence-electron chi connectivity index (χ3n) is 1.97. The van der Waals surface area contributed by atoms with Crippen LogP contribution in [0.5, 0.6) is 0 Å². The van der Waals surface area contributed by atoms with E-state index in [1.165, 1.54) is 0 Å². The van der Waals surface area contributed by atoms with E-state index in [1.807, 2.05) is 6.20 Å². The molecule has 14 heavy (non-hydrogen) atoms. The second kappa shape index (κ2) is 3.45. The van der Waals surface area contributed by atoms with Crippen LogP contribution >= 0.6 is 0 Å². The van der Waals surface area contributed by atoms with Crippen molar-refractivity contribution in [2.45, 2.75) is 52.3 Å². The molecule has 2 nitrogen and oxygen atoms in total. The van der Waals surface area contributed by atoms with Gasteiger partial charge in [0, 0.05) is 5.41 Å². The van der Waals surface area contributed by atoms with Gasteiger partial charge in [-0.2, -0.15) is 0 Å². The average molecular weight is 193 g/mol. The monoisotopic (exact) mass is 193 g/mol. The number of rotatable bonds is 1. The maximum Gasteiger partial charge on any atom is 0.236 e. The summed E-state index contributed by atoms with van der Waals surface area (Å²) in [4.78, 5) is 4.30. The first-order chi connectivity index (χ1) is 6.18. The molecule has 0 saturated heterocycles. The lowest BCUT2D eigenvalue weighted by Gasteiger charge is -2.15. The Hall–Kier alpha value is -0.725. The first-order valence-electron chi connectivity index (χ1n) is 5.14. The van der Waals surface area contributed by atoms with Crippen LogP contribution in [-0.4, -0.2) is 12.3 Å². The molecule has 0 saturated carbocycles. The molecule has 0 fully saturated rings. The van der Waals surface area contributed by atoms with Crippen molar-refractivity contribution in [2.24, 2.45) is 0 Å². The van der Waals surface area contributed by atoms with Crippen LogP contribution in [0.3, 0.4) is 0 Å². The minimum atomic E-state index is 0.0587. The molecule has 0 aromatic carbocycles. The molecular formula is C11H20BNO. The van der Waals surface area contributed by atoms with E-state index in [-0.39, 0.29) is 10.7 Å². The minimum Gasteiger partial charge on any atom is -0.456 e. The molecule has 0 amide bonds. The van der Waals surface area contributed by atoms with E-state index in [0.717, 1.165) is 18.8 Å². The van der Waals surface area contributed by atoms with Crippen molar-refractivity contribution in [1.82, 2.24) is 4.98 Å². The zero-order valence-corrected chi connectivity index (χ0v) is 10.1. The van der Waals surface area contributed by atoms with Crippen LogP contribution in [0.2, 0.25) is 5.31 Å². The van der Waals surface area contributed by atoms with E-state index in [4.69, 9.17) is 4.42 Å². The highest BCUT2D eigenvalue weighted by Crippen LogP contribution is 2.22. The highest BCUT2D eigenvalue weighted by molar-refractivity contribution is 6.53. The Bertz CT molecular complexity index is 304. The Morgan fingerprint density at radius 2 is 1.71 bits per heavy atom. The van der Waals surface area contributed by atoms with Gasteiger partial charge in [-0.05, 0) is 0 Å². The summed E-state index contributed by atoms with van der Waals surface area (Å²) in [7, 11) is 0.892. The van der Waals surface area contributed by atoms with Gasteiger partial charge in [0.1, 0.15) is 11.6 Å². The molecule has 0 aliphatic heterocycles. The third kappa shape index (κ3) is 3.20. The van der Waals surface area contributed by atoms with Gasteiger partial charge in [-0.3, -0.25) is 0 Å². The molecule has 0 aliphatic rings. The Morgan fingerprint density at radius 3 is 2.07 bits per heavy atom. The standard InChI is InChI=1S/C11H20BNO/c1-10(2,3)8-7-13-9(14-8)12-11(4,5)6/h7,12H,1-6H3. The maximum atomic E-state index is 5.71. The lowest BCUT2D eigenvalue weighted by molar-refractivity contribution is 0.422. The van der Waals surface area contributed by atoms with E-state index < -0.39 is 0 Å². The Labute approximate surface area is 87.4 Å². The summed E-state index contributed by atoms with van der Waals surface area (Å²) in [6, 6.07) is 0. The van der Waals surface area contributed by atoms with Crippen molar-refractivity contribution in [1.29, 1.82) is 0 Å². The van der Waals surface area contributed by atoms with Crippen molar-refractivity contribution in [2.75, 3.05) is 0 Å². The lowest BCUT2D eigenvalue weighted by atomic mass is 9.55. The van der Waals surface area contributed by atoms with Crippen molar-refractivity contribution in [3.63, 3.8) is 0 Å². The highest BCUT2D eigenvalue weighted by Gasteiger charge is 2.22. The molecule has 0 N–H and O–H groups in total. The number of nitrogens with zero attached hydrogens (tertiary/aromatic N) is 1. The van der Waals surface area contributed by atoms with Gasteiger partial charge in [0.05, 0.1) is 6.20 Å². The Kier molecular flexibility index (Phi) is 2.80. The SMILES string of the molecule is CC(C)(C)Bc1ncc(C(C)(C)C)o1. The van der Waals surface area contributed by atoms with Crippen LogP contribution in [-0.2, 0) is 5.41 Å². The molecule has 78 valence electrons. The topological polar surface area (TPSA) is 26.0 Å². The first-order valence-corrected chi connectivity index (χ1v) is 5.14. The number of oxazole rings is 1. The molecule has 3 heteroatoms. The van der Waals surface area contributed by atoms with E-state index in [2.05, 4.69) is 46.5 Å². The zero-order chi connectivity index (χ0) is 11.0. The predicted molar refractivity (Wildman–Crippen MR) is 61.7 cm³/mol. The van der Waals surface area contributed by atoms with E-state index in [9.17, 15) is 0 Å². The van der Waals surface area contributed by atoms with Gasteiger partial charge in [0.2, 0.25) is 7.28 Å². The van der Waals surface area contributed by atoms with Crippen LogP contribution in [0.25, 0.3) is 0 Å². The molecule has 1 aromatic heterocycles. The van der Waals surface area contributed by atoms with Crippen molar-refractivity contribution in [3.8, 4) is 0 Å². The predicted octanol–water partition coefficient (Wildman–Crippen LogP) is 2.25. The van der Waals surface area contributed by atoms with Crippen molar-refractivity contribution in [3.05, 3.63) is 12.0 Å². The van der Waals surface area contributed by atoms with Gasteiger partial charge in [-0.15, -0.1) is 0 Å². The number of hydrogen-bond donors (Lipinski definition) is 0. The zero-order valence-electron chi connectivity index (χ0n) is 10.1. The summed E-state index contributed by atoms with van der Waals surface area (Å²) in [6.45, 7) is 13.0. The molecule has 0 bridgehead atoms. The van der Waals surface area contributed by atoms with Crippen molar-refractivity contribution >= 4 is 13.1 Å². The van der Waals surface area contributed by atoms with E-state index >= 15 is 0 Å². The summed E-state index contributed by atoms with van der Waals surface area (Å²) >= 11 is 0. The van der Waals surface area contributed by atoms with Gasteiger partial charge >= 0.3 is 0 Å². The summed E-state index contributed by atoms with van der Waals surface area (Å²) < 4.78 is 5.71. The molecular weight excluding hydrogens is 173 g/mol. The van der Waals surface area contributed by atoms with Crippen LogP contribution < -0.4 is 5.79 Å². The van der Waals surface area contributed by atoms with Gasteiger partial charge in [-0.25, -0.2) is 4.98 Å². The summed E-state index contributed by atoms with van der Waals surface area (Å²) in [5.41, 5.74) is 0.0587. The van der Waals surface area contributed by atoms with Gasteiger partial charge in [0.15, 0.2) is 0 Å². The molecule has 0 atom stereocenters. The second-order valence-electron chi connectivity index (χ2n) is 6.11. The smallest absolute Gasteiger partial charge is 0.236 e. The van der Waals surface area contributed by atoms with E-state index in [0.29, 0.717) is 0 Å². The fourth-order valence-corrected chi connectivity index (χ4v) is 1.19. The van der Waals surface area contributed by atoms with Crippen LogP contribution in [0.1, 0.15) is 47.3 Å².